The monoisotopic (exact) mass is 610 g/mol. The topological polar surface area (TPSA) is 118 Å². The SMILES string of the molecule is COC(=O)CCCCN1C(=O)[C@](O)([C@H](C)/C=C/CCn2cc(C(CO)c3ccccc3)nn2)c2cc(Br)ccc21. The van der Waals surface area contributed by atoms with Crippen LogP contribution in [0.3, 0.4) is 0 Å². The molecule has 1 aromatic heterocycles. The lowest BCUT2D eigenvalue weighted by Crippen LogP contribution is -2.44. The minimum Gasteiger partial charge on any atom is -0.469 e. The van der Waals surface area contributed by atoms with Crippen LogP contribution in [0, 0.1) is 5.92 Å². The molecule has 212 valence electrons. The Morgan fingerprint density at radius 2 is 1.95 bits per heavy atom. The number of aliphatic hydroxyl groups is 2. The first-order valence-electron chi connectivity index (χ1n) is 13.4. The molecule has 3 atom stereocenters. The van der Waals surface area contributed by atoms with Gasteiger partial charge in [0.25, 0.3) is 5.91 Å². The maximum atomic E-state index is 13.6. The first-order valence-corrected chi connectivity index (χ1v) is 14.2. The van der Waals surface area contributed by atoms with Gasteiger partial charge in [-0.15, -0.1) is 5.10 Å². The molecule has 0 bridgehead atoms. The number of halogens is 1. The summed E-state index contributed by atoms with van der Waals surface area (Å²) in [4.78, 5) is 26.6. The maximum absolute atomic E-state index is 13.6. The van der Waals surface area contributed by atoms with Crippen LogP contribution in [0.1, 0.15) is 55.3 Å². The van der Waals surface area contributed by atoms with E-state index in [0.29, 0.717) is 49.3 Å². The molecule has 0 spiro atoms. The molecule has 2 aromatic carbocycles. The number of fused-ring (bicyclic) bond motifs is 1. The fraction of sp³-hybridized carbons (Fsp3) is 0.400. The first-order chi connectivity index (χ1) is 19.3. The van der Waals surface area contributed by atoms with Crippen LogP contribution in [-0.2, 0) is 26.5 Å². The molecular formula is C30H35BrN4O5. The number of benzene rings is 2. The van der Waals surface area contributed by atoms with Gasteiger partial charge in [0.15, 0.2) is 5.60 Å². The van der Waals surface area contributed by atoms with Gasteiger partial charge in [-0.3, -0.25) is 14.3 Å². The minimum absolute atomic E-state index is 0.0629. The number of unbranched alkanes of at least 4 members (excludes halogenated alkanes) is 1. The second kappa shape index (κ2) is 13.3. The van der Waals surface area contributed by atoms with E-state index in [1.165, 1.54) is 7.11 Å². The van der Waals surface area contributed by atoms with Gasteiger partial charge >= 0.3 is 5.97 Å². The van der Waals surface area contributed by atoms with Crippen LogP contribution >= 0.6 is 15.9 Å². The number of nitrogens with zero attached hydrogens (tertiary/aromatic N) is 4. The van der Waals surface area contributed by atoms with Gasteiger partial charge in [-0.05, 0) is 43.0 Å². The van der Waals surface area contributed by atoms with Crippen molar-refractivity contribution in [1.29, 1.82) is 0 Å². The van der Waals surface area contributed by atoms with Gasteiger partial charge in [0.2, 0.25) is 0 Å². The predicted octanol–water partition coefficient (Wildman–Crippen LogP) is 4.32. The number of carbonyl (C=O) groups excluding carboxylic acids is 2. The summed E-state index contributed by atoms with van der Waals surface area (Å²) >= 11 is 3.47. The number of methoxy groups -OCH3 is 1. The van der Waals surface area contributed by atoms with E-state index in [4.69, 9.17) is 4.74 Å². The van der Waals surface area contributed by atoms with Crippen LogP contribution in [0.2, 0.25) is 0 Å². The Morgan fingerprint density at radius 1 is 1.18 bits per heavy atom. The maximum Gasteiger partial charge on any atom is 0.305 e. The van der Waals surface area contributed by atoms with Crippen LogP contribution in [0.5, 0.6) is 0 Å². The van der Waals surface area contributed by atoms with Crippen molar-refractivity contribution in [2.24, 2.45) is 5.92 Å². The molecule has 3 aromatic rings. The second-order valence-corrected chi connectivity index (χ2v) is 10.9. The van der Waals surface area contributed by atoms with E-state index in [0.717, 1.165) is 10.0 Å². The molecule has 0 radical (unpaired) electrons. The summed E-state index contributed by atoms with van der Waals surface area (Å²) in [5.74, 6) is -1.38. The second-order valence-electron chi connectivity index (χ2n) is 9.98. The molecule has 0 saturated heterocycles. The third-order valence-electron chi connectivity index (χ3n) is 7.38. The number of rotatable bonds is 13. The molecule has 10 heteroatoms. The lowest BCUT2D eigenvalue weighted by atomic mass is 9.83. The Morgan fingerprint density at radius 3 is 2.67 bits per heavy atom. The molecule has 1 amide bonds. The van der Waals surface area contributed by atoms with Crippen molar-refractivity contribution < 1.29 is 24.5 Å². The van der Waals surface area contributed by atoms with Gasteiger partial charge in [0, 0.05) is 41.7 Å². The Balaban J connectivity index is 1.40. The molecule has 1 aliphatic rings. The highest BCUT2D eigenvalue weighted by atomic mass is 79.9. The van der Waals surface area contributed by atoms with Gasteiger partial charge < -0.3 is 19.8 Å². The number of carbonyl (C=O) groups is 2. The number of esters is 1. The van der Waals surface area contributed by atoms with E-state index >= 15 is 0 Å². The van der Waals surface area contributed by atoms with Crippen molar-refractivity contribution >= 4 is 33.5 Å². The van der Waals surface area contributed by atoms with Gasteiger partial charge in [-0.25, -0.2) is 0 Å². The number of allylic oxidation sites excluding steroid dienone is 1. The quantitative estimate of drug-likeness (QED) is 0.168. The lowest BCUT2D eigenvalue weighted by Gasteiger charge is -2.27. The Bertz CT molecular complexity index is 1340. The summed E-state index contributed by atoms with van der Waals surface area (Å²) in [7, 11) is 1.36. The van der Waals surface area contributed by atoms with Crippen molar-refractivity contribution in [1.82, 2.24) is 15.0 Å². The molecule has 2 heterocycles. The Hall–Kier alpha value is -3.34. The van der Waals surface area contributed by atoms with Crippen LogP contribution in [-0.4, -0.2) is 57.3 Å². The number of aryl methyl sites for hydroxylation is 1. The zero-order valence-corrected chi connectivity index (χ0v) is 24.3. The zero-order valence-electron chi connectivity index (χ0n) is 22.7. The molecular weight excluding hydrogens is 576 g/mol. The van der Waals surface area contributed by atoms with Crippen molar-refractivity contribution in [3.05, 3.63) is 88.2 Å². The van der Waals surface area contributed by atoms with Gasteiger partial charge in [0.1, 0.15) is 0 Å². The summed E-state index contributed by atoms with van der Waals surface area (Å²) < 4.78 is 7.20. The van der Waals surface area contributed by atoms with Gasteiger partial charge in [-0.2, -0.15) is 0 Å². The summed E-state index contributed by atoms with van der Waals surface area (Å²) in [6, 6.07) is 15.2. The van der Waals surface area contributed by atoms with Crippen molar-refractivity contribution in [2.45, 2.75) is 50.7 Å². The van der Waals surface area contributed by atoms with E-state index < -0.39 is 11.5 Å². The summed E-state index contributed by atoms with van der Waals surface area (Å²) in [5.41, 5.74) is 1.22. The summed E-state index contributed by atoms with van der Waals surface area (Å²) in [5, 5.41) is 30.2. The first kappa shape index (κ1) is 29.6. The average molecular weight is 612 g/mol. The van der Waals surface area contributed by atoms with Crippen LogP contribution in [0.4, 0.5) is 5.69 Å². The van der Waals surface area contributed by atoms with E-state index in [2.05, 4.69) is 26.2 Å². The molecule has 9 nitrogen and oxygen atoms in total. The molecule has 4 rings (SSSR count). The number of amides is 1. The molecule has 2 N–H and O–H groups in total. The molecule has 1 aliphatic heterocycles. The van der Waals surface area contributed by atoms with E-state index in [9.17, 15) is 19.8 Å². The van der Waals surface area contributed by atoms with E-state index in [1.54, 1.807) is 15.6 Å². The minimum atomic E-state index is -1.71. The van der Waals surface area contributed by atoms with E-state index in [-0.39, 0.29) is 30.8 Å². The third-order valence-corrected chi connectivity index (χ3v) is 7.87. The number of ether oxygens (including phenoxy) is 1. The van der Waals surface area contributed by atoms with Gasteiger partial charge in [-0.1, -0.05) is 70.6 Å². The molecule has 0 aliphatic carbocycles. The number of hydrogen-bond donors (Lipinski definition) is 2. The fourth-order valence-electron chi connectivity index (χ4n) is 5.07. The van der Waals surface area contributed by atoms with Crippen molar-refractivity contribution in [2.75, 3.05) is 25.2 Å². The number of anilines is 1. The Kier molecular flexibility index (Phi) is 9.89. The summed E-state index contributed by atoms with van der Waals surface area (Å²) in [6.45, 7) is 2.73. The van der Waals surface area contributed by atoms with E-state index in [1.807, 2.05) is 67.7 Å². The molecule has 1 unspecified atom stereocenters. The largest absolute Gasteiger partial charge is 0.469 e. The molecule has 40 heavy (non-hydrogen) atoms. The standard InChI is InChI=1S/C30H35BrN4O5/c1-21(10-6-8-16-34-19-26(32-33-34)24(20-36)22-11-4-3-5-12-22)30(39)25-18-23(31)14-15-27(25)35(29(30)38)17-9-7-13-28(37)40-2/h3-6,10-12,14-15,18-19,21,24,36,39H,7-9,13,16-17,20H2,1-2H3/b10-6+/t21-,24?,30+/m1/s1. The lowest BCUT2D eigenvalue weighted by molar-refractivity contribution is -0.140. The molecule has 0 fully saturated rings. The van der Waals surface area contributed by atoms with Crippen LogP contribution in [0.25, 0.3) is 0 Å². The highest BCUT2D eigenvalue weighted by Crippen LogP contribution is 2.46. The van der Waals surface area contributed by atoms with Crippen molar-refractivity contribution in [3.63, 3.8) is 0 Å². The highest BCUT2D eigenvalue weighted by Gasteiger charge is 2.52. The molecule has 0 saturated carbocycles. The normalized spacial score (nSPS) is 18.2. The van der Waals surface area contributed by atoms with Gasteiger partial charge in [0.05, 0.1) is 31.0 Å². The highest BCUT2D eigenvalue weighted by molar-refractivity contribution is 9.10. The number of hydrogen-bond acceptors (Lipinski definition) is 7. The van der Waals surface area contributed by atoms with Crippen LogP contribution in [0.15, 0.2) is 71.4 Å². The summed E-state index contributed by atoms with van der Waals surface area (Å²) in [6.07, 6.45) is 7.74. The smallest absolute Gasteiger partial charge is 0.305 e. The zero-order chi connectivity index (χ0) is 28.7. The van der Waals surface area contributed by atoms with Crippen LogP contribution < -0.4 is 4.90 Å². The predicted molar refractivity (Wildman–Crippen MR) is 155 cm³/mol. The third kappa shape index (κ3) is 6.35. The Labute approximate surface area is 242 Å². The average Bonchev–Trinajstić information content (AvgIpc) is 3.51. The van der Waals surface area contributed by atoms with Crippen molar-refractivity contribution in [3.8, 4) is 0 Å². The number of aromatic nitrogens is 3. The number of aliphatic hydroxyl groups excluding tert-OH is 1. The fourth-order valence-corrected chi connectivity index (χ4v) is 5.43.